The average Bonchev–Trinajstić information content (AvgIpc) is 2.95. The van der Waals surface area contributed by atoms with Gasteiger partial charge >= 0.3 is 0 Å². The van der Waals surface area contributed by atoms with Gasteiger partial charge in [0.2, 0.25) is 5.82 Å². The normalized spacial score (nSPS) is 15.6. The van der Waals surface area contributed by atoms with Gasteiger partial charge < -0.3 is 25.3 Å². The van der Waals surface area contributed by atoms with Crippen LogP contribution in [0.15, 0.2) is 36.7 Å². The van der Waals surface area contributed by atoms with Crippen LogP contribution in [0.5, 0.6) is 0 Å². The Kier molecular flexibility index (Phi) is 8.10. The Morgan fingerprint density at radius 3 is 2.54 bits per heavy atom. The lowest BCUT2D eigenvalue weighted by Crippen LogP contribution is -2.44. The summed E-state index contributed by atoms with van der Waals surface area (Å²) in [4.78, 5) is 40.2. The van der Waals surface area contributed by atoms with E-state index in [2.05, 4.69) is 54.7 Å². The highest BCUT2D eigenvalue weighted by atomic mass is 35.5. The fraction of sp³-hybridized carbons (Fsp3) is 0.385. The van der Waals surface area contributed by atoms with Crippen molar-refractivity contribution in [2.24, 2.45) is 0 Å². The second-order valence-electron chi connectivity index (χ2n) is 9.78. The maximum absolute atomic E-state index is 13.0. The molecule has 0 aliphatic carbocycles. The second-order valence-corrected chi connectivity index (χ2v) is 10.6. The first-order valence-electron chi connectivity index (χ1n) is 12.7. The van der Waals surface area contributed by atoms with E-state index in [-0.39, 0.29) is 17.4 Å². The quantitative estimate of drug-likeness (QED) is 0.460. The Morgan fingerprint density at radius 2 is 1.82 bits per heavy atom. The number of likely N-dealkylation sites (tertiary alicyclic amines) is 1. The molecule has 1 aromatic carbocycles. The molecule has 2 aliphatic rings. The van der Waals surface area contributed by atoms with Crippen molar-refractivity contribution in [2.45, 2.75) is 25.4 Å². The lowest BCUT2D eigenvalue weighted by Gasteiger charge is -2.34. The molecule has 13 heteroatoms. The summed E-state index contributed by atoms with van der Waals surface area (Å²) in [6.45, 7) is 3.17. The molecule has 0 spiro atoms. The number of fused-ring (bicyclic) bond motifs is 1. The summed E-state index contributed by atoms with van der Waals surface area (Å²) in [5.41, 5.74) is 2.08. The molecule has 0 atom stereocenters. The van der Waals surface area contributed by atoms with Gasteiger partial charge in [-0.05, 0) is 56.8 Å². The maximum atomic E-state index is 13.0. The van der Waals surface area contributed by atoms with Crippen molar-refractivity contribution < 1.29 is 9.59 Å². The molecular formula is C26H29Cl2N9O2. The molecular weight excluding hydrogens is 541 g/mol. The zero-order chi connectivity index (χ0) is 27.5. The predicted octanol–water partition coefficient (Wildman–Crippen LogP) is 3.42. The molecule has 1 saturated heterocycles. The van der Waals surface area contributed by atoms with Gasteiger partial charge in [0.1, 0.15) is 0 Å². The number of benzene rings is 1. The lowest BCUT2D eigenvalue weighted by atomic mass is 10.0. The number of rotatable bonds is 6. The van der Waals surface area contributed by atoms with E-state index in [9.17, 15) is 9.59 Å². The molecule has 2 aliphatic heterocycles. The van der Waals surface area contributed by atoms with E-state index < -0.39 is 5.91 Å². The molecule has 0 radical (unpaired) electrons. The highest BCUT2D eigenvalue weighted by Gasteiger charge is 2.26. The van der Waals surface area contributed by atoms with E-state index in [1.165, 1.54) is 12.4 Å². The van der Waals surface area contributed by atoms with Gasteiger partial charge in [-0.1, -0.05) is 23.2 Å². The third-order valence-corrected chi connectivity index (χ3v) is 7.58. The zero-order valence-corrected chi connectivity index (χ0v) is 23.2. The minimum Gasteiger partial charge on any atom is -0.365 e. The first-order chi connectivity index (χ1) is 18.8. The van der Waals surface area contributed by atoms with E-state index in [4.69, 9.17) is 23.2 Å². The Balaban J connectivity index is 1.25. The number of piperidine rings is 1. The van der Waals surface area contributed by atoms with Crippen LogP contribution in [-0.2, 0) is 6.54 Å². The summed E-state index contributed by atoms with van der Waals surface area (Å²) in [7, 11) is 4.11. The summed E-state index contributed by atoms with van der Waals surface area (Å²) >= 11 is 12.5. The van der Waals surface area contributed by atoms with Crippen LogP contribution >= 0.6 is 23.2 Å². The molecule has 0 bridgehead atoms. The van der Waals surface area contributed by atoms with Gasteiger partial charge in [0.25, 0.3) is 11.8 Å². The molecule has 4 heterocycles. The molecule has 2 amide bonds. The molecule has 2 aromatic heterocycles. The van der Waals surface area contributed by atoms with Crippen molar-refractivity contribution >= 4 is 52.2 Å². The number of halogens is 2. The van der Waals surface area contributed by atoms with Crippen LogP contribution in [0.1, 0.15) is 39.5 Å². The van der Waals surface area contributed by atoms with E-state index in [0.29, 0.717) is 60.3 Å². The van der Waals surface area contributed by atoms with Crippen molar-refractivity contribution in [1.29, 1.82) is 0 Å². The highest BCUT2D eigenvalue weighted by molar-refractivity contribution is 6.33. The topological polar surface area (TPSA) is 119 Å². The Labute approximate surface area is 236 Å². The van der Waals surface area contributed by atoms with Crippen molar-refractivity contribution in [3.63, 3.8) is 0 Å². The van der Waals surface area contributed by atoms with E-state index in [1.54, 1.807) is 23.1 Å². The monoisotopic (exact) mass is 569 g/mol. The second kappa shape index (κ2) is 11.7. The Morgan fingerprint density at radius 1 is 1.08 bits per heavy atom. The Bertz CT molecular complexity index is 1360. The zero-order valence-electron chi connectivity index (χ0n) is 21.7. The number of amides is 2. The number of carbonyl (C=O) groups excluding carboxylic acids is 2. The van der Waals surface area contributed by atoms with Crippen LogP contribution in [0.3, 0.4) is 0 Å². The predicted molar refractivity (Wildman–Crippen MR) is 151 cm³/mol. The third kappa shape index (κ3) is 6.21. The summed E-state index contributed by atoms with van der Waals surface area (Å²) in [6.07, 6.45) is 4.67. The van der Waals surface area contributed by atoms with Crippen LogP contribution in [0.25, 0.3) is 0 Å². The van der Waals surface area contributed by atoms with Crippen LogP contribution < -0.4 is 15.5 Å². The van der Waals surface area contributed by atoms with Gasteiger partial charge in [-0.15, -0.1) is 10.2 Å². The van der Waals surface area contributed by atoms with E-state index >= 15 is 0 Å². The van der Waals surface area contributed by atoms with Crippen molar-refractivity contribution in [2.75, 3.05) is 55.8 Å². The number of carbonyl (C=O) groups is 2. The minimum atomic E-state index is -0.468. The standard InChI is InChI=1S/C26H29Cl2N9O2/c1-35(2)19-5-8-36(9-6-19)26(39)24-30-13-18(14-31-24)32-25(38)21-12-22-23(34-33-21)29-7-10-37(22)15-16-11-17(27)3-4-20(16)28/h3-4,11-14,19H,5-10,15H2,1-2H3,(H,29,34)(H,32,38). The maximum Gasteiger partial charge on any atom is 0.291 e. The molecule has 2 N–H and O–H groups in total. The van der Waals surface area contributed by atoms with Gasteiger partial charge in [-0.3, -0.25) is 9.59 Å². The van der Waals surface area contributed by atoms with Gasteiger partial charge in [0, 0.05) is 48.8 Å². The number of aromatic nitrogens is 4. The SMILES string of the molecule is CN(C)C1CCN(C(=O)c2ncc(NC(=O)c3cc4c(nn3)NCCN4Cc3cc(Cl)ccc3Cl)cn2)CC1. The van der Waals surface area contributed by atoms with Gasteiger partial charge in [-0.25, -0.2) is 9.97 Å². The lowest BCUT2D eigenvalue weighted by molar-refractivity contribution is 0.0651. The molecule has 5 rings (SSSR count). The molecule has 0 unspecified atom stereocenters. The summed E-state index contributed by atoms with van der Waals surface area (Å²) in [5.74, 6) is 0.00566. The van der Waals surface area contributed by atoms with E-state index in [0.717, 1.165) is 24.1 Å². The van der Waals surface area contributed by atoms with Gasteiger partial charge in [-0.2, -0.15) is 0 Å². The number of hydrogen-bond acceptors (Lipinski definition) is 9. The van der Waals surface area contributed by atoms with Crippen molar-refractivity contribution in [1.82, 2.24) is 30.0 Å². The molecule has 204 valence electrons. The highest BCUT2D eigenvalue weighted by Crippen LogP contribution is 2.31. The van der Waals surface area contributed by atoms with Gasteiger partial charge in [0.15, 0.2) is 11.5 Å². The summed E-state index contributed by atoms with van der Waals surface area (Å²) < 4.78 is 0. The molecule has 1 fully saturated rings. The fourth-order valence-electron chi connectivity index (χ4n) is 4.75. The number of nitrogens with one attached hydrogen (secondary N) is 2. The largest absolute Gasteiger partial charge is 0.365 e. The molecule has 3 aromatic rings. The van der Waals surface area contributed by atoms with E-state index in [1.807, 2.05) is 6.07 Å². The van der Waals surface area contributed by atoms with Crippen molar-refractivity contribution in [3.05, 3.63) is 63.8 Å². The van der Waals surface area contributed by atoms with Crippen LogP contribution in [0.4, 0.5) is 17.2 Å². The number of nitrogens with zero attached hydrogens (tertiary/aromatic N) is 7. The smallest absolute Gasteiger partial charge is 0.291 e. The molecule has 0 saturated carbocycles. The van der Waals surface area contributed by atoms with Crippen LogP contribution in [0, 0.1) is 0 Å². The summed E-state index contributed by atoms with van der Waals surface area (Å²) in [6, 6.07) is 7.48. The first kappa shape index (κ1) is 27.0. The first-order valence-corrected chi connectivity index (χ1v) is 13.4. The molecule has 39 heavy (non-hydrogen) atoms. The van der Waals surface area contributed by atoms with Gasteiger partial charge in [0.05, 0.1) is 23.8 Å². The van der Waals surface area contributed by atoms with Crippen molar-refractivity contribution in [3.8, 4) is 0 Å². The average molecular weight is 570 g/mol. The summed E-state index contributed by atoms with van der Waals surface area (Å²) in [5, 5.41) is 15.4. The van der Waals surface area contributed by atoms with Crippen LogP contribution in [-0.4, -0.2) is 88.1 Å². The number of hydrogen-bond donors (Lipinski definition) is 2. The Hall–Kier alpha value is -3.54. The third-order valence-electron chi connectivity index (χ3n) is 6.97. The number of anilines is 3. The molecule has 11 nitrogen and oxygen atoms in total. The minimum absolute atomic E-state index is 0.103. The fourth-order valence-corrected chi connectivity index (χ4v) is 5.12. The van der Waals surface area contributed by atoms with Crippen LogP contribution in [0.2, 0.25) is 10.0 Å².